The van der Waals surface area contributed by atoms with Crippen LogP contribution in [0.2, 0.25) is 0 Å². The fraction of sp³-hybridized carbons (Fsp3) is 0.190. The number of primary sulfonamides is 1. The average Bonchev–Trinajstić information content (AvgIpc) is 2.76. The molecule has 0 radical (unpaired) electrons. The summed E-state index contributed by atoms with van der Waals surface area (Å²) in [5.41, 5.74) is 2.29. The number of hydrogen-bond donors (Lipinski definition) is 2. The Bertz CT molecular complexity index is 1220. The van der Waals surface area contributed by atoms with Crippen LogP contribution < -0.4 is 20.3 Å². The number of anilines is 4. The minimum atomic E-state index is -3.76. The number of rotatable bonds is 5. The Hall–Kier alpha value is -3.50. The Kier molecular flexibility index (Phi) is 5.34. The number of fused-ring (bicyclic) bond motifs is 1. The molecule has 0 aliphatic carbocycles. The van der Waals surface area contributed by atoms with Crippen molar-refractivity contribution in [3.8, 4) is 0 Å². The van der Waals surface area contributed by atoms with E-state index >= 15 is 0 Å². The Labute approximate surface area is 180 Å². The topological polar surface area (TPSA) is 122 Å². The van der Waals surface area contributed by atoms with Gasteiger partial charge in [0, 0.05) is 26.2 Å². The van der Waals surface area contributed by atoms with E-state index in [1.165, 1.54) is 12.1 Å². The van der Waals surface area contributed by atoms with E-state index in [-0.39, 0.29) is 10.8 Å². The molecule has 160 valence electrons. The van der Waals surface area contributed by atoms with Crippen molar-refractivity contribution in [2.45, 2.75) is 17.4 Å². The zero-order valence-corrected chi connectivity index (χ0v) is 17.9. The molecule has 1 aliphatic heterocycles. The summed E-state index contributed by atoms with van der Waals surface area (Å²) in [6.07, 6.45) is 2.15. The van der Waals surface area contributed by atoms with E-state index in [9.17, 15) is 13.2 Å². The van der Waals surface area contributed by atoms with Crippen LogP contribution >= 0.6 is 0 Å². The number of nitrogens with zero attached hydrogens (tertiary/aromatic N) is 4. The summed E-state index contributed by atoms with van der Waals surface area (Å²) >= 11 is 0. The van der Waals surface area contributed by atoms with Crippen LogP contribution in [0.5, 0.6) is 0 Å². The summed E-state index contributed by atoms with van der Waals surface area (Å²) in [7, 11) is -0.199. The highest BCUT2D eigenvalue weighted by molar-refractivity contribution is 7.89. The van der Waals surface area contributed by atoms with E-state index < -0.39 is 16.1 Å². The van der Waals surface area contributed by atoms with E-state index in [1.54, 1.807) is 30.3 Å². The minimum Gasteiger partial charge on any atom is -0.345 e. The summed E-state index contributed by atoms with van der Waals surface area (Å²) in [6.45, 7) is 0. The van der Waals surface area contributed by atoms with Crippen molar-refractivity contribution in [1.29, 1.82) is 0 Å². The second-order valence-electron chi connectivity index (χ2n) is 7.31. The molecule has 0 spiro atoms. The molecule has 9 nitrogen and oxygen atoms in total. The lowest BCUT2D eigenvalue weighted by Crippen LogP contribution is -2.52. The molecule has 1 aliphatic rings. The SMILES string of the molecule is CN1C(=O)C(Cc2ccccc2)N(C)c2nc(Nc3ccc(S(N)(=O)=O)cc3)ncc21. The lowest BCUT2D eigenvalue weighted by Gasteiger charge is -2.38. The quantitative estimate of drug-likeness (QED) is 0.624. The molecule has 10 heteroatoms. The van der Waals surface area contributed by atoms with Gasteiger partial charge in [-0.1, -0.05) is 30.3 Å². The monoisotopic (exact) mass is 438 g/mol. The molecule has 0 saturated carbocycles. The number of likely N-dealkylation sites (N-methyl/N-ethyl adjacent to an activating group) is 2. The summed E-state index contributed by atoms with van der Waals surface area (Å²) in [5, 5.41) is 8.19. The fourth-order valence-corrected chi connectivity index (χ4v) is 4.01. The molecule has 2 aromatic carbocycles. The summed E-state index contributed by atoms with van der Waals surface area (Å²) < 4.78 is 22.8. The van der Waals surface area contributed by atoms with Crippen LogP contribution in [-0.2, 0) is 21.2 Å². The van der Waals surface area contributed by atoms with Crippen LogP contribution in [0.3, 0.4) is 0 Å². The van der Waals surface area contributed by atoms with Crippen LogP contribution in [-0.4, -0.2) is 44.4 Å². The molecule has 0 saturated heterocycles. The van der Waals surface area contributed by atoms with Crippen molar-refractivity contribution in [3.63, 3.8) is 0 Å². The van der Waals surface area contributed by atoms with E-state index in [2.05, 4.69) is 15.3 Å². The number of nitrogens with one attached hydrogen (secondary N) is 1. The maximum Gasteiger partial charge on any atom is 0.249 e. The summed E-state index contributed by atoms with van der Waals surface area (Å²) in [4.78, 5) is 25.3. The van der Waals surface area contributed by atoms with Crippen molar-refractivity contribution in [3.05, 3.63) is 66.4 Å². The van der Waals surface area contributed by atoms with Gasteiger partial charge in [-0.25, -0.2) is 18.5 Å². The van der Waals surface area contributed by atoms with Gasteiger partial charge in [0.15, 0.2) is 5.82 Å². The molecular formula is C21H22N6O3S. The van der Waals surface area contributed by atoms with Crippen LogP contribution in [0.15, 0.2) is 65.7 Å². The Morgan fingerprint density at radius 3 is 2.39 bits per heavy atom. The number of benzene rings is 2. The van der Waals surface area contributed by atoms with Crippen molar-refractivity contribution in [2.75, 3.05) is 29.2 Å². The van der Waals surface area contributed by atoms with E-state index in [0.717, 1.165) is 5.56 Å². The molecule has 1 aromatic heterocycles. The highest BCUT2D eigenvalue weighted by Crippen LogP contribution is 2.34. The third kappa shape index (κ3) is 4.21. The largest absolute Gasteiger partial charge is 0.345 e. The van der Waals surface area contributed by atoms with Gasteiger partial charge in [0.25, 0.3) is 0 Å². The number of amides is 1. The van der Waals surface area contributed by atoms with Crippen molar-refractivity contribution >= 4 is 39.1 Å². The smallest absolute Gasteiger partial charge is 0.249 e. The first-order valence-corrected chi connectivity index (χ1v) is 11.1. The zero-order valence-electron chi connectivity index (χ0n) is 17.1. The van der Waals surface area contributed by atoms with Gasteiger partial charge in [-0.15, -0.1) is 0 Å². The highest BCUT2D eigenvalue weighted by atomic mass is 32.2. The van der Waals surface area contributed by atoms with E-state index in [0.29, 0.717) is 29.6 Å². The van der Waals surface area contributed by atoms with Gasteiger partial charge >= 0.3 is 0 Å². The molecule has 1 atom stereocenters. The third-order valence-corrected chi connectivity index (χ3v) is 6.17. The van der Waals surface area contributed by atoms with Crippen LogP contribution in [0.25, 0.3) is 0 Å². The maximum atomic E-state index is 12.9. The molecule has 4 rings (SSSR count). The van der Waals surface area contributed by atoms with Crippen molar-refractivity contribution in [2.24, 2.45) is 5.14 Å². The van der Waals surface area contributed by atoms with E-state index in [1.807, 2.05) is 42.3 Å². The highest BCUT2D eigenvalue weighted by Gasteiger charge is 2.36. The molecule has 1 unspecified atom stereocenters. The number of hydrogen-bond acceptors (Lipinski definition) is 7. The number of carbonyl (C=O) groups excluding carboxylic acids is 1. The number of sulfonamides is 1. The Balaban J connectivity index is 1.60. The zero-order chi connectivity index (χ0) is 22.2. The summed E-state index contributed by atoms with van der Waals surface area (Å²) in [5.74, 6) is 0.929. The average molecular weight is 439 g/mol. The third-order valence-electron chi connectivity index (χ3n) is 5.24. The minimum absolute atomic E-state index is 0.0213. The van der Waals surface area contributed by atoms with Crippen LogP contribution in [0.1, 0.15) is 5.56 Å². The first-order chi connectivity index (χ1) is 14.7. The second kappa shape index (κ2) is 7.97. The van der Waals surface area contributed by atoms with Gasteiger partial charge in [0.2, 0.25) is 21.9 Å². The number of aromatic nitrogens is 2. The molecule has 3 N–H and O–H groups in total. The van der Waals surface area contributed by atoms with Gasteiger partial charge < -0.3 is 15.1 Å². The second-order valence-corrected chi connectivity index (χ2v) is 8.87. The molecule has 0 bridgehead atoms. The fourth-order valence-electron chi connectivity index (χ4n) is 3.50. The normalized spacial score (nSPS) is 16.2. The van der Waals surface area contributed by atoms with Gasteiger partial charge in [-0.2, -0.15) is 4.98 Å². The predicted molar refractivity (Wildman–Crippen MR) is 119 cm³/mol. The lowest BCUT2D eigenvalue weighted by atomic mass is 10.0. The molecular weight excluding hydrogens is 416 g/mol. The maximum absolute atomic E-state index is 12.9. The van der Waals surface area contributed by atoms with Crippen LogP contribution in [0.4, 0.5) is 23.1 Å². The lowest BCUT2D eigenvalue weighted by molar-refractivity contribution is -0.119. The molecule has 1 amide bonds. The van der Waals surface area contributed by atoms with Gasteiger partial charge in [0.1, 0.15) is 11.7 Å². The Morgan fingerprint density at radius 1 is 1.06 bits per heavy atom. The standard InChI is InChI=1S/C21H22N6O3S/c1-26-17(12-14-6-4-3-5-7-14)20(28)27(2)18-13-23-21(25-19(18)26)24-15-8-10-16(11-9-15)31(22,29)30/h3-11,13,17H,12H2,1-2H3,(H2,22,29,30)(H,23,24,25). The molecule has 3 aromatic rings. The van der Waals surface area contributed by atoms with Crippen molar-refractivity contribution in [1.82, 2.24) is 9.97 Å². The number of nitrogens with two attached hydrogens (primary N) is 1. The first-order valence-electron chi connectivity index (χ1n) is 9.55. The Morgan fingerprint density at radius 2 is 1.74 bits per heavy atom. The molecule has 31 heavy (non-hydrogen) atoms. The van der Waals surface area contributed by atoms with Gasteiger partial charge in [-0.05, 0) is 29.8 Å². The number of carbonyl (C=O) groups is 1. The van der Waals surface area contributed by atoms with Gasteiger partial charge in [0.05, 0.1) is 11.1 Å². The van der Waals surface area contributed by atoms with Crippen LogP contribution in [0, 0.1) is 0 Å². The van der Waals surface area contributed by atoms with E-state index in [4.69, 9.17) is 5.14 Å². The van der Waals surface area contributed by atoms with Crippen molar-refractivity contribution < 1.29 is 13.2 Å². The summed E-state index contributed by atoms with van der Waals surface area (Å²) in [6, 6.07) is 15.4. The first kappa shape index (κ1) is 20.8. The van der Waals surface area contributed by atoms with Gasteiger partial charge in [-0.3, -0.25) is 4.79 Å². The molecule has 0 fully saturated rings. The predicted octanol–water partition coefficient (Wildman–Crippen LogP) is 1.89. The molecule has 2 heterocycles.